The van der Waals surface area contributed by atoms with Crippen molar-refractivity contribution < 1.29 is 23.5 Å². The zero-order chi connectivity index (χ0) is 29.8. The molecule has 222 valence electrons. The van der Waals surface area contributed by atoms with E-state index in [-0.39, 0.29) is 17.4 Å². The predicted molar refractivity (Wildman–Crippen MR) is 161 cm³/mol. The van der Waals surface area contributed by atoms with Crippen molar-refractivity contribution in [1.29, 1.82) is 0 Å². The number of methoxy groups -OCH3 is 2. The van der Waals surface area contributed by atoms with Gasteiger partial charge in [-0.25, -0.2) is 4.39 Å². The second-order valence-corrected chi connectivity index (χ2v) is 11.0. The molecule has 8 nitrogen and oxygen atoms in total. The number of likely N-dealkylation sites (N-methyl/N-ethyl adjacent to an activating group) is 1. The number of ether oxygens (including phenoxy) is 2. The molecule has 0 spiro atoms. The summed E-state index contributed by atoms with van der Waals surface area (Å²) in [6, 6.07) is 16.6. The van der Waals surface area contributed by atoms with E-state index in [2.05, 4.69) is 21.2 Å². The van der Waals surface area contributed by atoms with Crippen molar-refractivity contribution in [1.82, 2.24) is 15.1 Å². The Labute approximate surface area is 250 Å². The van der Waals surface area contributed by atoms with E-state index in [0.29, 0.717) is 29.2 Å². The fourth-order valence-corrected chi connectivity index (χ4v) is 6.15. The Morgan fingerprint density at radius 2 is 1.69 bits per heavy atom. The summed E-state index contributed by atoms with van der Waals surface area (Å²) >= 11 is 6.16. The highest BCUT2D eigenvalue weighted by molar-refractivity contribution is 6.30. The van der Waals surface area contributed by atoms with Crippen LogP contribution in [0.4, 0.5) is 10.1 Å². The van der Waals surface area contributed by atoms with Crippen molar-refractivity contribution in [2.45, 2.75) is 18.4 Å². The maximum Gasteiger partial charge on any atom is 0.254 e. The third kappa shape index (κ3) is 6.03. The Morgan fingerprint density at radius 3 is 2.38 bits per heavy atom. The van der Waals surface area contributed by atoms with E-state index in [0.717, 1.165) is 49.9 Å². The number of hydrogen-bond donors (Lipinski definition) is 1. The Balaban J connectivity index is 1.29. The number of fused-ring (bicyclic) bond motifs is 1. The molecule has 1 fully saturated rings. The normalized spacial score (nSPS) is 18.9. The second-order valence-electron chi connectivity index (χ2n) is 10.6. The van der Waals surface area contributed by atoms with Gasteiger partial charge in [0.05, 0.1) is 26.2 Å². The summed E-state index contributed by atoms with van der Waals surface area (Å²) in [6.45, 7) is 4.93. The Kier molecular flexibility index (Phi) is 9.18. The molecule has 0 radical (unpaired) electrons. The van der Waals surface area contributed by atoms with Crippen LogP contribution in [0.25, 0.3) is 0 Å². The van der Waals surface area contributed by atoms with Crippen LogP contribution in [0.5, 0.6) is 11.5 Å². The summed E-state index contributed by atoms with van der Waals surface area (Å²) in [5, 5.41) is 3.80. The summed E-state index contributed by atoms with van der Waals surface area (Å²) in [5.41, 5.74) is 2.23. The van der Waals surface area contributed by atoms with Gasteiger partial charge in [0.15, 0.2) is 11.5 Å². The van der Waals surface area contributed by atoms with E-state index in [1.165, 1.54) is 25.2 Å². The molecule has 0 unspecified atom stereocenters. The van der Waals surface area contributed by atoms with Crippen molar-refractivity contribution in [2.75, 3.05) is 65.4 Å². The van der Waals surface area contributed by atoms with E-state index >= 15 is 4.39 Å². The molecule has 0 bridgehead atoms. The standard InChI is InChI=1S/C32H36ClFN4O4/c1-36-30(23-10-4-5-11-26(23)34)29(24-19-27(41-2)28(42-3)20-25(24)32(36)40)31(39)35-12-7-13-37-14-16-38(17-15-37)22-9-6-8-21(33)18-22/h4-6,8-11,18-20,29-30H,7,12-17H2,1-3H3,(H,35,39)/t29-,30+/m1/s1. The van der Waals surface area contributed by atoms with Gasteiger partial charge < -0.3 is 24.6 Å². The lowest BCUT2D eigenvalue weighted by Crippen LogP contribution is -2.47. The molecule has 3 aromatic rings. The largest absolute Gasteiger partial charge is 0.493 e. The Hall–Kier alpha value is -3.82. The summed E-state index contributed by atoms with van der Waals surface area (Å²) in [4.78, 5) is 33.5. The van der Waals surface area contributed by atoms with E-state index in [1.807, 2.05) is 18.2 Å². The molecule has 2 aliphatic rings. The monoisotopic (exact) mass is 594 g/mol. The SMILES string of the molecule is COc1cc2c(cc1OC)[C@@H](C(=O)NCCCN1CCN(c3cccc(Cl)c3)CC1)[C@H](c1ccccc1F)N(C)C2=O. The van der Waals surface area contributed by atoms with Crippen LogP contribution in [0.15, 0.2) is 60.7 Å². The maximum absolute atomic E-state index is 15.1. The molecule has 1 N–H and O–H groups in total. The first-order chi connectivity index (χ1) is 20.3. The number of piperazine rings is 1. The van der Waals surface area contributed by atoms with Gasteiger partial charge in [-0.2, -0.15) is 0 Å². The van der Waals surface area contributed by atoms with Gasteiger partial charge in [0.2, 0.25) is 5.91 Å². The van der Waals surface area contributed by atoms with Gasteiger partial charge in [-0.1, -0.05) is 35.9 Å². The van der Waals surface area contributed by atoms with Gasteiger partial charge in [0, 0.05) is 61.6 Å². The highest BCUT2D eigenvalue weighted by atomic mass is 35.5. The lowest BCUT2D eigenvalue weighted by atomic mass is 9.79. The molecule has 2 amide bonds. The summed E-state index contributed by atoms with van der Waals surface area (Å²) in [7, 11) is 4.59. The number of nitrogens with one attached hydrogen (secondary N) is 1. The van der Waals surface area contributed by atoms with Gasteiger partial charge in [-0.3, -0.25) is 14.5 Å². The number of hydrogen-bond acceptors (Lipinski definition) is 6. The van der Waals surface area contributed by atoms with Crippen molar-refractivity contribution in [3.63, 3.8) is 0 Å². The average molecular weight is 595 g/mol. The molecular formula is C32H36ClFN4O4. The fourth-order valence-electron chi connectivity index (χ4n) is 5.96. The highest BCUT2D eigenvalue weighted by Gasteiger charge is 2.44. The Bertz CT molecular complexity index is 1450. The van der Waals surface area contributed by atoms with Crippen LogP contribution in [0.1, 0.15) is 39.9 Å². The third-order valence-corrected chi connectivity index (χ3v) is 8.41. The quantitative estimate of drug-likeness (QED) is 0.361. The molecule has 1 saturated heterocycles. The van der Waals surface area contributed by atoms with Gasteiger partial charge in [0.1, 0.15) is 5.82 Å². The van der Waals surface area contributed by atoms with Crippen molar-refractivity contribution >= 4 is 29.1 Å². The highest BCUT2D eigenvalue weighted by Crippen LogP contribution is 2.46. The molecule has 3 aromatic carbocycles. The van der Waals surface area contributed by atoms with Crippen molar-refractivity contribution in [2.24, 2.45) is 0 Å². The molecule has 2 atom stereocenters. The predicted octanol–water partition coefficient (Wildman–Crippen LogP) is 4.74. The van der Waals surface area contributed by atoms with Crippen molar-refractivity contribution in [3.8, 4) is 11.5 Å². The summed E-state index contributed by atoms with van der Waals surface area (Å²) in [5.74, 6) is -1.13. The molecule has 0 saturated carbocycles. The molecule has 0 aromatic heterocycles. The minimum absolute atomic E-state index is 0.276. The molecule has 5 rings (SSSR count). The average Bonchev–Trinajstić information content (AvgIpc) is 3.01. The minimum atomic E-state index is -0.847. The van der Waals surface area contributed by atoms with E-state index < -0.39 is 17.8 Å². The molecular weight excluding hydrogens is 559 g/mol. The summed E-state index contributed by atoms with van der Waals surface area (Å²) < 4.78 is 26.0. The molecule has 2 heterocycles. The van der Waals surface area contributed by atoms with E-state index in [1.54, 1.807) is 37.4 Å². The number of anilines is 1. The molecule has 2 aliphatic heterocycles. The van der Waals surface area contributed by atoms with Crippen LogP contribution < -0.4 is 19.7 Å². The van der Waals surface area contributed by atoms with Crippen LogP contribution in [0.2, 0.25) is 5.02 Å². The van der Waals surface area contributed by atoms with Gasteiger partial charge in [-0.15, -0.1) is 0 Å². The lowest BCUT2D eigenvalue weighted by molar-refractivity contribution is -0.124. The van der Waals surface area contributed by atoms with E-state index in [9.17, 15) is 9.59 Å². The lowest BCUT2D eigenvalue weighted by Gasteiger charge is -2.40. The van der Waals surface area contributed by atoms with E-state index in [4.69, 9.17) is 21.1 Å². The molecule has 0 aliphatic carbocycles. The number of carbonyl (C=O) groups is 2. The molecule has 10 heteroatoms. The number of nitrogens with zero attached hydrogens (tertiary/aromatic N) is 3. The van der Waals surface area contributed by atoms with Crippen molar-refractivity contribution in [3.05, 3.63) is 88.2 Å². The smallest absolute Gasteiger partial charge is 0.254 e. The van der Waals surface area contributed by atoms with Crippen LogP contribution in [0.3, 0.4) is 0 Å². The number of amides is 2. The minimum Gasteiger partial charge on any atom is -0.493 e. The van der Waals surface area contributed by atoms with Crippen LogP contribution >= 0.6 is 11.6 Å². The first-order valence-electron chi connectivity index (χ1n) is 14.1. The van der Waals surface area contributed by atoms with Gasteiger partial charge >= 0.3 is 0 Å². The third-order valence-electron chi connectivity index (χ3n) is 8.18. The first kappa shape index (κ1) is 29.7. The zero-order valence-electron chi connectivity index (χ0n) is 24.1. The summed E-state index contributed by atoms with van der Waals surface area (Å²) in [6.07, 6.45) is 0.757. The Morgan fingerprint density at radius 1 is 0.976 bits per heavy atom. The van der Waals surface area contributed by atoms with Gasteiger partial charge in [-0.05, 0) is 54.9 Å². The number of rotatable bonds is 9. The number of halogens is 2. The fraction of sp³-hybridized carbons (Fsp3) is 0.375. The zero-order valence-corrected chi connectivity index (χ0v) is 24.9. The van der Waals surface area contributed by atoms with Crippen LogP contribution in [0, 0.1) is 5.82 Å². The van der Waals surface area contributed by atoms with Crippen LogP contribution in [-0.2, 0) is 4.79 Å². The topological polar surface area (TPSA) is 74.4 Å². The molecule has 42 heavy (non-hydrogen) atoms. The second kappa shape index (κ2) is 13.0. The first-order valence-corrected chi connectivity index (χ1v) is 14.5. The van der Waals surface area contributed by atoms with Crippen LogP contribution in [-0.4, -0.2) is 82.1 Å². The number of benzene rings is 3. The van der Waals surface area contributed by atoms with Gasteiger partial charge in [0.25, 0.3) is 5.91 Å². The number of carbonyl (C=O) groups excluding carboxylic acids is 2. The maximum atomic E-state index is 15.1.